The summed E-state index contributed by atoms with van der Waals surface area (Å²) in [6.07, 6.45) is 5.36. The fourth-order valence-corrected chi connectivity index (χ4v) is 4.34. The van der Waals surface area contributed by atoms with E-state index in [0.29, 0.717) is 15.8 Å². The van der Waals surface area contributed by atoms with E-state index < -0.39 is 5.91 Å². The van der Waals surface area contributed by atoms with E-state index in [4.69, 9.17) is 0 Å². The number of aryl methyl sites for hydroxylation is 2. The van der Waals surface area contributed by atoms with Gasteiger partial charge in [0, 0.05) is 10.4 Å². The van der Waals surface area contributed by atoms with Crippen LogP contribution in [0, 0.1) is 0 Å². The first-order valence-electron chi connectivity index (χ1n) is 8.29. The highest BCUT2D eigenvalue weighted by Gasteiger charge is 2.21. The molecule has 7 nitrogen and oxygen atoms in total. The minimum absolute atomic E-state index is 0.0580. The molecule has 1 aromatic carbocycles. The molecule has 0 spiro atoms. The van der Waals surface area contributed by atoms with Crippen molar-refractivity contribution >= 4 is 33.7 Å². The van der Waals surface area contributed by atoms with Crippen molar-refractivity contribution in [3.63, 3.8) is 0 Å². The molecule has 0 radical (unpaired) electrons. The maximum absolute atomic E-state index is 12.4. The summed E-state index contributed by atoms with van der Waals surface area (Å²) in [7, 11) is 0. The Labute approximate surface area is 152 Å². The number of phenolic OH excluding ortho intramolecular Hbond substituents is 1. The molecule has 2 heterocycles. The average Bonchev–Trinajstić information content (AvgIpc) is 3.02. The van der Waals surface area contributed by atoms with Crippen molar-refractivity contribution in [2.45, 2.75) is 25.7 Å². The zero-order chi connectivity index (χ0) is 18.1. The lowest BCUT2D eigenvalue weighted by atomic mass is 9.97. The van der Waals surface area contributed by atoms with Crippen molar-refractivity contribution < 1.29 is 9.90 Å². The predicted octanol–water partition coefficient (Wildman–Crippen LogP) is 2.33. The van der Waals surface area contributed by atoms with Crippen molar-refractivity contribution in [2.24, 2.45) is 5.10 Å². The molecule has 132 valence electrons. The number of amides is 1. The molecule has 4 rings (SSSR count). The molecule has 0 aliphatic heterocycles. The number of thiophene rings is 1. The van der Waals surface area contributed by atoms with Gasteiger partial charge in [-0.1, -0.05) is 12.1 Å². The second-order valence-corrected chi connectivity index (χ2v) is 7.15. The molecule has 0 fully saturated rings. The third-order valence-electron chi connectivity index (χ3n) is 4.35. The summed E-state index contributed by atoms with van der Waals surface area (Å²) in [6.45, 7) is 0. The average molecular weight is 368 g/mol. The molecule has 3 aromatic rings. The molecule has 1 aliphatic carbocycles. The maximum Gasteiger partial charge on any atom is 0.307 e. The largest absolute Gasteiger partial charge is 0.507 e. The fourth-order valence-electron chi connectivity index (χ4n) is 3.08. The number of hydrogen-bond donors (Lipinski definition) is 3. The molecule has 3 N–H and O–H groups in total. The van der Waals surface area contributed by atoms with Crippen LogP contribution in [0.25, 0.3) is 10.2 Å². The molecule has 0 saturated carbocycles. The van der Waals surface area contributed by atoms with E-state index in [1.165, 1.54) is 28.5 Å². The molecule has 2 aromatic heterocycles. The normalized spacial score (nSPS) is 13.8. The van der Waals surface area contributed by atoms with Crippen LogP contribution in [-0.2, 0) is 12.8 Å². The van der Waals surface area contributed by atoms with Crippen molar-refractivity contribution in [1.29, 1.82) is 0 Å². The van der Waals surface area contributed by atoms with Crippen LogP contribution in [0.15, 0.2) is 34.2 Å². The summed E-state index contributed by atoms with van der Waals surface area (Å²) in [5, 5.41) is 14.1. The van der Waals surface area contributed by atoms with Crippen LogP contribution < -0.4 is 11.0 Å². The van der Waals surface area contributed by atoms with Gasteiger partial charge in [-0.25, -0.2) is 10.4 Å². The van der Waals surface area contributed by atoms with E-state index in [2.05, 4.69) is 20.5 Å². The van der Waals surface area contributed by atoms with Crippen LogP contribution >= 0.6 is 11.3 Å². The van der Waals surface area contributed by atoms with Gasteiger partial charge in [0.1, 0.15) is 10.6 Å². The van der Waals surface area contributed by atoms with Gasteiger partial charge < -0.3 is 10.1 Å². The van der Waals surface area contributed by atoms with Crippen LogP contribution in [0.4, 0.5) is 0 Å². The van der Waals surface area contributed by atoms with Crippen LogP contribution in [-0.4, -0.2) is 27.2 Å². The van der Waals surface area contributed by atoms with Crippen molar-refractivity contribution in [3.05, 3.63) is 56.4 Å². The first-order chi connectivity index (χ1) is 12.6. The van der Waals surface area contributed by atoms with Crippen LogP contribution in [0.5, 0.6) is 5.75 Å². The van der Waals surface area contributed by atoms with Crippen molar-refractivity contribution in [1.82, 2.24) is 15.4 Å². The van der Waals surface area contributed by atoms with Gasteiger partial charge in [-0.2, -0.15) is 5.10 Å². The van der Waals surface area contributed by atoms with Gasteiger partial charge in [0.2, 0.25) is 5.82 Å². The lowest BCUT2D eigenvalue weighted by Gasteiger charge is -2.09. The summed E-state index contributed by atoms with van der Waals surface area (Å²) in [5.41, 5.74) is 3.58. The molecule has 0 unspecified atom stereocenters. The van der Waals surface area contributed by atoms with E-state index >= 15 is 0 Å². The van der Waals surface area contributed by atoms with Crippen molar-refractivity contribution in [3.8, 4) is 5.75 Å². The summed E-state index contributed by atoms with van der Waals surface area (Å²) in [4.78, 5) is 33.3. The number of hydrogen-bond acceptors (Lipinski definition) is 6. The highest BCUT2D eigenvalue weighted by atomic mass is 32.1. The Morgan fingerprint density at radius 1 is 1.31 bits per heavy atom. The van der Waals surface area contributed by atoms with E-state index in [9.17, 15) is 14.7 Å². The van der Waals surface area contributed by atoms with Gasteiger partial charge in [0.25, 0.3) is 5.56 Å². The van der Waals surface area contributed by atoms with Crippen LogP contribution in [0.2, 0.25) is 0 Å². The molecule has 0 bridgehead atoms. The van der Waals surface area contributed by atoms with E-state index in [-0.39, 0.29) is 17.1 Å². The van der Waals surface area contributed by atoms with Crippen LogP contribution in [0.3, 0.4) is 0 Å². The Morgan fingerprint density at radius 3 is 2.96 bits per heavy atom. The Balaban J connectivity index is 1.59. The van der Waals surface area contributed by atoms with Gasteiger partial charge in [0.15, 0.2) is 0 Å². The number of nitrogens with zero attached hydrogens (tertiary/aromatic N) is 2. The monoisotopic (exact) mass is 368 g/mol. The minimum atomic E-state index is -0.609. The third kappa shape index (κ3) is 2.99. The first-order valence-corrected chi connectivity index (χ1v) is 9.11. The number of nitrogens with one attached hydrogen (secondary N) is 2. The van der Waals surface area contributed by atoms with Gasteiger partial charge in [-0.05, 0) is 43.4 Å². The number of benzene rings is 1. The molecule has 1 aliphatic rings. The number of carbonyl (C=O) groups excluding carboxylic acids is 1. The number of hydrazone groups is 1. The smallest absolute Gasteiger partial charge is 0.307 e. The summed E-state index contributed by atoms with van der Waals surface area (Å²) < 4.78 is 0. The van der Waals surface area contributed by atoms with Crippen molar-refractivity contribution in [2.75, 3.05) is 0 Å². The zero-order valence-electron chi connectivity index (χ0n) is 13.8. The number of aromatic hydroxyl groups is 1. The number of H-pyrrole nitrogens is 1. The van der Waals surface area contributed by atoms with Gasteiger partial charge in [-0.3, -0.25) is 9.59 Å². The Kier molecular flexibility index (Phi) is 4.26. The highest BCUT2D eigenvalue weighted by Crippen LogP contribution is 2.33. The number of fused-ring (bicyclic) bond motifs is 3. The molecule has 0 saturated heterocycles. The third-order valence-corrected chi connectivity index (χ3v) is 5.53. The number of aromatic nitrogens is 2. The van der Waals surface area contributed by atoms with Crippen LogP contribution in [0.1, 0.15) is 39.5 Å². The first kappa shape index (κ1) is 16.5. The van der Waals surface area contributed by atoms with E-state index in [1.54, 1.807) is 18.2 Å². The molecule has 1 amide bonds. The lowest BCUT2D eigenvalue weighted by Crippen LogP contribution is -2.24. The topological polar surface area (TPSA) is 107 Å². The highest BCUT2D eigenvalue weighted by molar-refractivity contribution is 7.18. The second kappa shape index (κ2) is 6.72. The molecule has 26 heavy (non-hydrogen) atoms. The zero-order valence-corrected chi connectivity index (χ0v) is 14.6. The molecule has 8 heteroatoms. The lowest BCUT2D eigenvalue weighted by molar-refractivity contribution is 0.0945. The standard InChI is InChI=1S/C18H16N4O3S/c23-12-7-3-1-5-10(12)9-19-22-17(25)15-20-16(24)14-11-6-2-4-8-13(11)26-18(14)21-15/h1,3,5,7,9,23H,2,4,6,8H2,(H,22,25)(H,20,21,24)/b19-9+. The summed E-state index contributed by atoms with van der Waals surface area (Å²) in [6, 6.07) is 6.62. The minimum Gasteiger partial charge on any atom is -0.507 e. The Hall–Kier alpha value is -3.00. The van der Waals surface area contributed by atoms with E-state index in [1.807, 2.05) is 0 Å². The Morgan fingerprint density at radius 2 is 2.12 bits per heavy atom. The van der Waals surface area contributed by atoms with Gasteiger partial charge >= 0.3 is 5.91 Å². The number of rotatable bonds is 3. The second-order valence-electron chi connectivity index (χ2n) is 6.06. The molecular formula is C18H16N4O3S. The van der Waals surface area contributed by atoms with E-state index in [0.717, 1.165) is 31.2 Å². The summed E-state index contributed by atoms with van der Waals surface area (Å²) >= 11 is 1.49. The molecule has 0 atom stereocenters. The van der Waals surface area contributed by atoms with Gasteiger partial charge in [-0.15, -0.1) is 11.3 Å². The predicted molar refractivity (Wildman–Crippen MR) is 100 cm³/mol. The number of aromatic amines is 1. The maximum atomic E-state index is 12.4. The SMILES string of the molecule is O=C(N/N=C/c1ccccc1O)c1nc2sc3c(c2c(=O)[nH]1)CCCC3. The Bertz CT molecular complexity index is 1080. The summed E-state index contributed by atoms with van der Waals surface area (Å²) in [5.74, 6) is -0.625. The van der Waals surface area contributed by atoms with Gasteiger partial charge in [0.05, 0.1) is 11.6 Å². The molecular weight excluding hydrogens is 352 g/mol. The number of carbonyl (C=O) groups is 1. The number of phenols is 1. The fraction of sp³-hybridized carbons (Fsp3) is 0.222. The quantitative estimate of drug-likeness (QED) is 0.487. The number of para-hydroxylation sites is 1.